The normalized spacial score (nSPS) is 25.3. The minimum Gasteiger partial charge on any atom is -0.382 e. The third kappa shape index (κ3) is 4.50. The Morgan fingerprint density at radius 1 is 1.26 bits per heavy atom. The summed E-state index contributed by atoms with van der Waals surface area (Å²) in [5.41, 5.74) is 0.556. The van der Waals surface area contributed by atoms with Crippen molar-refractivity contribution in [2.75, 3.05) is 53.0 Å². The lowest BCUT2D eigenvalue weighted by atomic mass is 9.77. The van der Waals surface area contributed by atoms with Gasteiger partial charge in [-0.05, 0) is 45.5 Å². The maximum Gasteiger partial charge on any atom is 0.253 e. The van der Waals surface area contributed by atoms with Crippen molar-refractivity contribution in [1.29, 1.82) is 0 Å². The number of ether oxygens (including phenoxy) is 1. The number of nitrogens with one attached hydrogen (secondary N) is 1. The predicted molar refractivity (Wildman–Crippen MR) is 105 cm³/mol. The molecule has 2 heterocycles. The zero-order valence-corrected chi connectivity index (χ0v) is 16.4. The molecule has 0 bridgehead atoms. The number of hydrogen-bond acceptors (Lipinski definition) is 4. The van der Waals surface area contributed by atoms with E-state index in [9.17, 15) is 9.59 Å². The summed E-state index contributed by atoms with van der Waals surface area (Å²) in [6, 6.07) is 9.36. The van der Waals surface area contributed by atoms with E-state index in [1.54, 1.807) is 0 Å². The molecule has 0 unspecified atom stereocenters. The smallest absolute Gasteiger partial charge is 0.253 e. The highest BCUT2D eigenvalue weighted by molar-refractivity contribution is 5.95. The van der Waals surface area contributed by atoms with Gasteiger partial charge in [-0.2, -0.15) is 0 Å². The van der Waals surface area contributed by atoms with Crippen molar-refractivity contribution in [2.45, 2.75) is 19.8 Å². The minimum atomic E-state index is -0.151. The summed E-state index contributed by atoms with van der Waals surface area (Å²) in [4.78, 5) is 30.0. The van der Waals surface area contributed by atoms with E-state index in [2.05, 4.69) is 17.3 Å². The SMILES string of the molecule is CCOCCCNC(=O)[C@@H]1CN(C(=O)c2ccccc2)C[C@]12CCN(C)C2. The molecule has 1 spiro atoms. The second kappa shape index (κ2) is 8.85. The largest absolute Gasteiger partial charge is 0.382 e. The van der Waals surface area contributed by atoms with Crippen LogP contribution in [-0.4, -0.2) is 74.6 Å². The van der Waals surface area contributed by atoms with Crippen LogP contribution in [0.1, 0.15) is 30.1 Å². The molecule has 2 amide bonds. The number of nitrogens with zero attached hydrogens (tertiary/aromatic N) is 2. The Labute approximate surface area is 161 Å². The van der Waals surface area contributed by atoms with Crippen molar-refractivity contribution in [2.24, 2.45) is 11.3 Å². The second-order valence-corrected chi connectivity index (χ2v) is 7.80. The molecular weight excluding hydrogens is 342 g/mol. The Morgan fingerprint density at radius 2 is 2.04 bits per heavy atom. The summed E-state index contributed by atoms with van der Waals surface area (Å²) in [6.07, 6.45) is 1.77. The van der Waals surface area contributed by atoms with E-state index in [1.165, 1.54) is 0 Å². The van der Waals surface area contributed by atoms with Crippen LogP contribution in [-0.2, 0) is 9.53 Å². The number of hydrogen-bond donors (Lipinski definition) is 1. The van der Waals surface area contributed by atoms with Gasteiger partial charge in [-0.25, -0.2) is 0 Å². The van der Waals surface area contributed by atoms with Crippen LogP contribution in [0, 0.1) is 11.3 Å². The number of likely N-dealkylation sites (tertiary alicyclic amines) is 2. The molecule has 2 aliphatic rings. The average molecular weight is 373 g/mol. The van der Waals surface area contributed by atoms with Crippen LogP contribution in [0.5, 0.6) is 0 Å². The van der Waals surface area contributed by atoms with Gasteiger partial charge in [0.15, 0.2) is 0 Å². The van der Waals surface area contributed by atoms with Gasteiger partial charge in [-0.1, -0.05) is 18.2 Å². The van der Waals surface area contributed by atoms with E-state index in [0.29, 0.717) is 38.4 Å². The fraction of sp³-hybridized carbons (Fsp3) is 0.619. The summed E-state index contributed by atoms with van der Waals surface area (Å²) < 4.78 is 5.33. The molecule has 0 radical (unpaired) electrons. The van der Waals surface area contributed by atoms with Crippen LogP contribution < -0.4 is 5.32 Å². The average Bonchev–Trinajstić information content (AvgIpc) is 3.24. The first-order chi connectivity index (χ1) is 13.1. The molecule has 6 nitrogen and oxygen atoms in total. The van der Waals surface area contributed by atoms with E-state index in [0.717, 1.165) is 25.9 Å². The van der Waals surface area contributed by atoms with Crippen molar-refractivity contribution in [1.82, 2.24) is 15.1 Å². The first kappa shape index (κ1) is 19.8. The summed E-state index contributed by atoms with van der Waals surface area (Å²) >= 11 is 0. The van der Waals surface area contributed by atoms with Crippen LogP contribution in [0.25, 0.3) is 0 Å². The van der Waals surface area contributed by atoms with Crippen molar-refractivity contribution in [3.8, 4) is 0 Å². The fourth-order valence-corrected chi connectivity index (χ4v) is 4.42. The van der Waals surface area contributed by atoms with Crippen LogP contribution in [0.15, 0.2) is 30.3 Å². The van der Waals surface area contributed by atoms with Crippen molar-refractivity contribution < 1.29 is 14.3 Å². The van der Waals surface area contributed by atoms with Crippen LogP contribution in [0.3, 0.4) is 0 Å². The van der Waals surface area contributed by atoms with Gasteiger partial charge in [0.1, 0.15) is 0 Å². The standard InChI is InChI=1S/C21H31N3O3/c1-3-27-13-7-11-22-19(25)18-14-24(16-21(18)10-12-23(2)15-21)20(26)17-8-5-4-6-9-17/h4-6,8-9,18H,3,7,10-16H2,1-2H3,(H,22,25)/t18-,21+/m0/s1. The molecule has 0 saturated carbocycles. The fourth-order valence-electron chi connectivity index (χ4n) is 4.42. The van der Waals surface area contributed by atoms with E-state index in [1.807, 2.05) is 42.2 Å². The highest BCUT2D eigenvalue weighted by Gasteiger charge is 2.53. The van der Waals surface area contributed by atoms with E-state index >= 15 is 0 Å². The zero-order valence-electron chi connectivity index (χ0n) is 16.4. The summed E-state index contributed by atoms with van der Waals surface area (Å²) in [5, 5.41) is 3.07. The van der Waals surface area contributed by atoms with Gasteiger partial charge in [-0.15, -0.1) is 0 Å². The molecule has 2 saturated heterocycles. The zero-order chi connectivity index (χ0) is 19.3. The number of rotatable bonds is 7. The third-order valence-corrected chi connectivity index (χ3v) is 5.82. The maximum atomic E-state index is 12.9. The number of carbonyl (C=O) groups excluding carboxylic acids is 2. The molecule has 1 aromatic rings. The summed E-state index contributed by atoms with van der Waals surface area (Å²) in [5.74, 6) is -0.0523. The van der Waals surface area contributed by atoms with Gasteiger partial charge >= 0.3 is 0 Å². The lowest BCUT2D eigenvalue weighted by molar-refractivity contribution is -0.127. The number of carbonyl (C=O) groups is 2. The van der Waals surface area contributed by atoms with Gasteiger partial charge in [0.05, 0.1) is 5.92 Å². The molecular formula is C21H31N3O3. The van der Waals surface area contributed by atoms with Gasteiger partial charge in [0, 0.05) is 50.4 Å². The quantitative estimate of drug-likeness (QED) is 0.738. The van der Waals surface area contributed by atoms with Gasteiger partial charge < -0.3 is 19.9 Å². The predicted octanol–water partition coefficient (Wildman–Crippen LogP) is 1.62. The Bertz CT molecular complexity index is 651. The van der Waals surface area contributed by atoms with Crippen LogP contribution in [0.4, 0.5) is 0 Å². The van der Waals surface area contributed by atoms with Crippen LogP contribution >= 0.6 is 0 Å². The molecule has 1 aromatic carbocycles. The molecule has 1 N–H and O–H groups in total. The molecule has 27 heavy (non-hydrogen) atoms. The Kier molecular flexibility index (Phi) is 6.50. The van der Waals surface area contributed by atoms with E-state index in [4.69, 9.17) is 4.74 Å². The molecule has 2 fully saturated rings. The maximum absolute atomic E-state index is 12.9. The lowest BCUT2D eigenvalue weighted by Crippen LogP contribution is -2.43. The molecule has 3 rings (SSSR count). The van der Waals surface area contributed by atoms with Gasteiger partial charge in [-0.3, -0.25) is 9.59 Å². The Morgan fingerprint density at radius 3 is 2.70 bits per heavy atom. The second-order valence-electron chi connectivity index (χ2n) is 7.80. The molecule has 0 aromatic heterocycles. The Hall–Kier alpha value is -1.92. The highest BCUT2D eigenvalue weighted by Crippen LogP contribution is 2.44. The number of benzene rings is 1. The summed E-state index contributed by atoms with van der Waals surface area (Å²) in [6.45, 7) is 6.94. The highest BCUT2D eigenvalue weighted by atomic mass is 16.5. The van der Waals surface area contributed by atoms with Gasteiger partial charge in [0.2, 0.25) is 5.91 Å². The molecule has 148 valence electrons. The van der Waals surface area contributed by atoms with Crippen molar-refractivity contribution >= 4 is 11.8 Å². The van der Waals surface area contributed by atoms with Gasteiger partial charge in [0.25, 0.3) is 5.91 Å². The van der Waals surface area contributed by atoms with Crippen molar-refractivity contribution in [3.63, 3.8) is 0 Å². The lowest BCUT2D eigenvalue weighted by Gasteiger charge is -2.29. The van der Waals surface area contributed by atoms with Crippen LogP contribution in [0.2, 0.25) is 0 Å². The minimum absolute atomic E-state index is 0.0242. The monoisotopic (exact) mass is 373 g/mol. The first-order valence-electron chi connectivity index (χ1n) is 9.94. The molecule has 0 aliphatic carbocycles. The molecule has 2 atom stereocenters. The Balaban J connectivity index is 1.67. The molecule has 2 aliphatic heterocycles. The third-order valence-electron chi connectivity index (χ3n) is 5.82. The number of amides is 2. The van der Waals surface area contributed by atoms with Crippen molar-refractivity contribution in [3.05, 3.63) is 35.9 Å². The molecule has 6 heteroatoms. The first-order valence-corrected chi connectivity index (χ1v) is 9.94. The van der Waals surface area contributed by atoms with E-state index < -0.39 is 0 Å². The topological polar surface area (TPSA) is 61.9 Å². The summed E-state index contributed by atoms with van der Waals surface area (Å²) in [7, 11) is 2.09. The van der Waals surface area contributed by atoms with E-state index in [-0.39, 0.29) is 23.1 Å².